The SMILES string of the molecule is CC1=C(C(F)F)C(C)=C(S(=O)(=O)NCC(F)(F)F)C[CH]1. The van der Waals surface area contributed by atoms with Gasteiger partial charge in [-0.25, -0.2) is 21.9 Å². The normalized spacial score (nSPS) is 18.2. The van der Waals surface area contributed by atoms with Crippen molar-refractivity contribution in [3.8, 4) is 0 Å². The summed E-state index contributed by atoms with van der Waals surface area (Å²) in [7, 11) is -4.44. The molecule has 1 aliphatic rings. The molecule has 0 aromatic carbocycles. The average molecular weight is 318 g/mol. The maximum absolute atomic E-state index is 12.9. The van der Waals surface area contributed by atoms with Gasteiger partial charge in [-0.1, -0.05) is 5.57 Å². The smallest absolute Gasteiger partial charge is 0.207 e. The molecule has 0 heterocycles. The summed E-state index contributed by atoms with van der Waals surface area (Å²) < 4.78 is 86.7. The van der Waals surface area contributed by atoms with E-state index in [0.29, 0.717) is 0 Å². The first-order chi connectivity index (χ1) is 8.96. The first-order valence-electron chi connectivity index (χ1n) is 5.54. The Morgan fingerprint density at radius 2 is 1.85 bits per heavy atom. The molecule has 1 aliphatic carbocycles. The Balaban J connectivity index is 3.12. The highest BCUT2D eigenvalue weighted by Crippen LogP contribution is 2.35. The summed E-state index contributed by atoms with van der Waals surface area (Å²) in [5.74, 6) is 0. The molecule has 115 valence electrons. The Kier molecular flexibility index (Phi) is 4.96. The molecule has 0 aromatic rings. The van der Waals surface area contributed by atoms with Gasteiger partial charge in [-0.15, -0.1) is 0 Å². The molecule has 0 bridgehead atoms. The second kappa shape index (κ2) is 5.80. The highest BCUT2D eigenvalue weighted by molar-refractivity contribution is 7.93. The van der Waals surface area contributed by atoms with Gasteiger partial charge in [0.25, 0.3) is 6.43 Å². The predicted octanol–water partition coefficient (Wildman–Crippen LogP) is 2.93. The lowest BCUT2D eigenvalue weighted by atomic mass is 9.93. The van der Waals surface area contributed by atoms with E-state index in [1.165, 1.54) is 25.0 Å². The molecule has 3 nitrogen and oxygen atoms in total. The molecule has 0 fully saturated rings. The van der Waals surface area contributed by atoms with Gasteiger partial charge >= 0.3 is 6.18 Å². The standard InChI is InChI=1S/C11H13F5NO2S/c1-6-3-4-8(7(2)9(6)10(12)13)20(18,19)17-5-11(14,15)16/h3,10,17H,4-5H2,1-2H3. The Bertz CT molecular complexity index is 546. The number of sulfonamides is 1. The van der Waals surface area contributed by atoms with Crippen molar-refractivity contribution >= 4 is 10.0 Å². The van der Waals surface area contributed by atoms with Crippen LogP contribution in [-0.2, 0) is 10.0 Å². The molecule has 0 amide bonds. The van der Waals surface area contributed by atoms with Crippen LogP contribution in [0.25, 0.3) is 0 Å². The van der Waals surface area contributed by atoms with Crippen LogP contribution >= 0.6 is 0 Å². The lowest BCUT2D eigenvalue weighted by Crippen LogP contribution is -2.35. The van der Waals surface area contributed by atoms with E-state index in [-0.39, 0.29) is 17.6 Å². The van der Waals surface area contributed by atoms with Gasteiger partial charge in [0.05, 0.1) is 4.91 Å². The molecule has 1 radical (unpaired) electrons. The number of allylic oxidation sites excluding steroid dienone is 4. The van der Waals surface area contributed by atoms with Crippen LogP contribution in [0.3, 0.4) is 0 Å². The molecule has 0 aromatic heterocycles. The summed E-state index contributed by atoms with van der Waals surface area (Å²) in [5.41, 5.74) is -0.425. The van der Waals surface area contributed by atoms with Crippen molar-refractivity contribution in [2.24, 2.45) is 0 Å². The van der Waals surface area contributed by atoms with E-state index in [4.69, 9.17) is 0 Å². The van der Waals surface area contributed by atoms with E-state index in [1.54, 1.807) is 0 Å². The molecule has 1 N–H and O–H groups in total. The van der Waals surface area contributed by atoms with Crippen LogP contribution in [0.2, 0.25) is 0 Å². The lowest BCUT2D eigenvalue weighted by molar-refractivity contribution is -0.121. The van der Waals surface area contributed by atoms with Gasteiger partial charge in [-0.3, -0.25) is 0 Å². The second-order valence-corrected chi connectivity index (χ2v) is 6.08. The fourth-order valence-corrected chi connectivity index (χ4v) is 3.21. The first-order valence-corrected chi connectivity index (χ1v) is 7.02. The molecular weight excluding hydrogens is 305 g/mol. The third kappa shape index (κ3) is 4.02. The van der Waals surface area contributed by atoms with Gasteiger partial charge in [-0.05, 0) is 32.3 Å². The summed E-state index contributed by atoms with van der Waals surface area (Å²) in [6.07, 6.45) is -6.55. The van der Waals surface area contributed by atoms with Crippen molar-refractivity contribution < 1.29 is 30.4 Å². The number of halogens is 5. The zero-order chi connectivity index (χ0) is 15.7. The third-order valence-electron chi connectivity index (χ3n) is 2.85. The quantitative estimate of drug-likeness (QED) is 0.810. The van der Waals surface area contributed by atoms with Crippen LogP contribution in [0.15, 0.2) is 21.6 Å². The Hall–Kier alpha value is -0.960. The number of hydrogen-bond acceptors (Lipinski definition) is 2. The van der Waals surface area contributed by atoms with Crippen molar-refractivity contribution in [2.75, 3.05) is 6.54 Å². The molecule has 9 heteroatoms. The monoisotopic (exact) mass is 318 g/mol. The topological polar surface area (TPSA) is 46.2 Å². The predicted molar refractivity (Wildman–Crippen MR) is 63.3 cm³/mol. The van der Waals surface area contributed by atoms with E-state index in [1.807, 2.05) is 0 Å². The summed E-state index contributed by atoms with van der Waals surface area (Å²) in [6.45, 7) is 0.830. The molecule has 20 heavy (non-hydrogen) atoms. The molecule has 0 saturated carbocycles. The average Bonchev–Trinajstić information content (AvgIpc) is 2.24. The maximum atomic E-state index is 12.9. The summed E-state index contributed by atoms with van der Waals surface area (Å²) in [4.78, 5) is -0.456. The summed E-state index contributed by atoms with van der Waals surface area (Å²) in [6, 6.07) is 0. The van der Waals surface area contributed by atoms with Gasteiger partial charge < -0.3 is 0 Å². The molecule has 0 aliphatic heterocycles. The van der Waals surface area contributed by atoms with Gasteiger partial charge in [0.2, 0.25) is 10.0 Å². The van der Waals surface area contributed by atoms with Crippen LogP contribution in [0, 0.1) is 6.42 Å². The minimum Gasteiger partial charge on any atom is -0.207 e. The lowest BCUT2D eigenvalue weighted by Gasteiger charge is -2.22. The van der Waals surface area contributed by atoms with Crippen molar-refractivity contribution in [2.45, 2.75) is 32.9 Å². The van der Waals surface area contributed by atoms with Crippen LogP contribution in [0.1, 0.15) is 20.3 Å². The third-order valence-corrected chi connectivity index (χ3v) is 4.49. The van der Waals surface area contributed by atoms with E-state index in [9.17, 15) is 30.4 Å². The largest absolute Gasteiger partial charge is 0.402 e. The first kappa shape index (κ1) is 17.1. The van der Waals surface area contributed by atoms with E-state index < -0.39 is 39.6 Å². The van der Waals surface area contributed by atoms with Crippen molar-refractivity contribution in [3.05, 3.63) is 28.0 Å². The fraction of sp³-hybridized carbons (Fsp3) is 0.545. The Morgan fingerprint density at radius 1 is 1.30 bits per heavy atom. The van der Waals surface area contributed by atoms with Crippen LogP contribution in [0.5, 0.6) is 0 Å². The minimum atomic E-state index is -4.71. The van der Waals surface area contributed by atoms with Crippen LogP contribution < -0.4 is 4.72 Å². The highest BCUT2D eigenvalue weighted by atomic mass is 32.2. The zero-order valence-electron chi connectivity index (χ0n) is 10.7. The highest BCUT2D eigenvalue weighted by Gasteiger charge is 2.33. The van der Waals surface area contributed by atoms with Crippen LogP contribution in [-0.4, -0.2) is 27.6 Å². The zero-order valence-corrected chi connectivity index (χ0v) is 11.5. The molecular formula is C11H13F5NO2S. The summed E-state index contributed by atoms with van der Waals surface area (Å²) >= 11 is 0. The van der Waals surface area contributed by atoms with Crippen molar-refractivity contribution in [1.29, 1.82) is 0 Å². The minimum absolute atomic E-state index is 0.199. The van der Waals surface area contributed by atoms with Crippen molar-refractivity contribution in [1.82, 2.24) is 4.72 Å². The van der Waals surface area contributed by atoms with Gasteiger partial charge in [0.15, 0.2) is 0 Å². The summed E-state index contributed by atoms with van der Waals surface area (Å²) in [5, 5.41) is 0. The molecule has 0 atom stereocenters. The van der Waals surface area contributed by atoms with Gasteiger partial charge in [-0.2, -0.15) is 13.2 Å². The number of rotatable bonds is 4. The fourth-order valence-electron chi connectivity index (χ4n) is 1.87. The van der Waals surface area contributed by atoms with E-state index in [0.717, 1.165) is 0 Å². The van der Waals surface area contributed by atoms with Crippen LogP contribution in [0.4, 0.5) is 22.0 Å². The number of hydrogen-bond donors (Lipinski definition) is 1. The number of alkyl halides is 5. The molecule has 0 unspecified atom stereocenters. The maximum Gasteiger partial charge on any atom is 0.402 e. The van der Waals surface area contributed by atoms with E-state index in [2.05, 4.69) is 0 Å². The van der Waals surface area contributed by atoms with Gasteiger partial charge in [0.1, 0.15) is 6.54 Å². The van der Waals surface area contributed by atoms with E-state index >= 15 is 0 Å². The Labute approximate surface area is 113 Å². The van der Waals surface area contributed by atoms with Crippen molar-refractivity contribution in [3.63, 3.8) is 0 Å². The molecule has 1 rings (SSSR count). The molecule has 0 saturated heterocycles. The molecule has 0 spiro atoms. The number of nitrogens with one attached hydrogen (secondary N) is 1. The van der Waals surface area contributed by atoms with Gasteiger partial charge in [0, 0.05) is 5.57 Å². The Morgan fingerprint density at radius 3 is 2.30 bits per heavy atom. The second-order valence-electron chi connectivity index (χ2n) is 4.29.